The third-order valence-corrected chi connectivity index (χ3v) is 6.27. The lowest BCUT2D eigenvalue weighted by Crippen LogP contribution is -2.35. The van der Waals surface area contributed by atoms with Crippen molar-refractivity contribution in [3.05, 3.63) is 40.7 Å². The molecular formula is C26H35N2O7+. The molecule has 1 atom stereocenters. The summed E-state index contributed by atoms with van der Waals surface area (Å²) >= 11 is 0. The molecule has 0 aliphatic heterocycles. The van der Waals surface area contributed by atoms with Gasteiger partial charge in [0.05, 0.1) is 27.4 Å². The number of ether oxygens (including phenoxy) is 5. The van der Waals surface area contributed by atoms with Crippen LogP contribution in [-0.4, -0.2) is 66.4 Å². The molecule has 2 N–H and O–H groups in total. The summed E-state index contributed by atoms with van der Waals surface area (Å²) in [6.07, 6.45) is 0.821. The first-order valence-electron chi connectivity index (χ1n) is 11.4. The van der Waals surface area contributed by atoms with Crippen LogP contribution in [-0.2, 0) is 20.7 Å². The summed E-state index contributed by atoms with van der Waals surface area (Å²) in [4.78, 5) is 12.1. The predicted molar refractivity (Wildman–Crippen MR) is 132 cm³/mol. The Labute approximate surface area is 205 Å². The largest absolute Gasteiger partial charge is 0.502 e. The second-order valence-electron chi connectivity index (χ2n) is 8.37. The van der Waals surface area contributed by atoms with Crippen LogP contribution in [0.5, 0.6) is 23.0 Å². The monoisotopic (exact) mass is 487 g/mol. The molecule has 190 valence electrons. The van der Waals surface area contributed by atoms with Gasteiger partial charge in [-0.3, -0.25) is 4.79 Å². The molecule has 0 unspecified atom stereocenters. The Balaban J connectivity index is 2.38. The van der Waals surface area contributed by atoms with E-state index in [1.165, 1.54) is 6.92 Å². The first-order valence-corrected chi connectivity index (χ1v) is 11.4. The van der Waals surface area contributed by atoms with Gasteiger partial charge in [0, 0.05) is 32.8 Å². The fourth-order valence-electron chi connectivity index (χ4n) is 4.60. The Morgan fingerprint density at radius 2 is 1.77 bits per heavy atom. The van der Waals surface area contributed by atoms with E-state index in [1.807, 2.05) is 29.8 Å². The average Bonchev–Trinajstić information content (AvgIpc) is 3.09. The van der Waals surface area contributed by atoms with Crippen LogP contribution < -0.4 is 29.5 Å². The molecule has 1 aliphatic carbocycles. The van der Waals surface area contributed by atoms with Crippen LogP contribution in [0.1, 0.15) is 30.5 Å². The van der Waals surface area contributed by atoms with Gasteiger partial charge < -0.3 is 34.1 Å². The lowest BCUT2D eigenvalue weighted by molar-refractivity contribution is -0.119. The number of benzene rings is 1. The number of likely N-dealkylation sites (N-methyl/N-ethyl adjacent to an activating group) is 1. The van der Waals surface area contributed by atoms with E-state index >= 15 is 0 Å². The zero-order chi connectivity index (χ0) is 25.7. The van der Waals surface area contributed by atoms with E-state index in [0.29, 0.717) is 42.0 Å². The molecule has 3 rings (SSSR count). The number of nitrogens with one attached hydrogen (secondary N) is 1. The van der Waals surface area contributed by atoms with Crippen LogP contribution in [0, 0.1) is 0 Å². The summed E-state index contributed by atoms with van der Waals surface area (Å²) in [5, 5.41) is 14.8. The van der Waals surface area contributed by atoms with Crippen molar-refractivity contribution in [3.8, 4) is 34.1 Å². The van der Waals surface area contributed by atoms with E-state index in [4.69, 9.17) is 23.7 Å². The number of hydrogen-bond acceptors (Lipinski definition) is 7. The van der Waals surface area contributed by atoms with Crippen molar-refractivity contribution in [2.24, 2.45) is 0 Å². The van der Waals surface area contributed by atoms with Crippen molar-refractivity contribution in [1.82, 2.24) is 9.89 Å². The zero-order valence-electron chi connectivity index (χ0n) is 21.4. The van der Waals surface area contributed by atoms with E-state index in [2.05, 4.69) is 5.32 Å². The summed E-state index contributed by atoms with van der Waals surface area (Å²) in [7, 11) is 9.72. The second kappa shape index (κ2) is 11.4. The topological polar surface area (TPSA) is 98.5 Å². The van der Waals surface area contributed by atoms with Crippen LogP contribution in [0.2, 0.25) is 0 Å². The number of hydrogen-bond donors (Lipinski definition) is 2. The minimum atomic E-state index is -0.465. The van der Waals surface area contributed by atoms with E-state index < -0.39 is 6.29 Å². The standard InChI is InChI=1S/C26H34N2O7/c1-15(29)27-19-10-8-16-12-22(31-3)25(34-6)26(35-7)24(16)17-9-11-20(21(30)13-18(17)19)28(2)14-23(32-4)33-5/h9,11-13,19,23H,8,10,14H2,1-7H3,(H,27,29)/p+1/t19-/m0/s1. The van der Waals surface area contributed by atoms with Crippen molar-refractivity contribution in [1.29, 1.82) is 0 Å². The van der Waals surface area contributed by atoms with Gasteiger partial charge in [0.1, 0.15) is 7.05 Å². The van der Waals surface area contributed by atoms with Crippen LogP contribution in [0.25, 0.3) is 11.1 Å². The SMILES string of the molecule is COc1cc2c(c(OC)c1OC)-c1ccc(=[N+](C)CC(OC)OC)c(O)cc1[C@@H](NC(C)=O)CC2. The molecule has 1 amide bonds. The zero-order valence-corrected chi connectivity index (χ0v) is 21.4. The third kappa shape index (κ3) is 5.36. The molecular weight excluding hydrogens is 452 g/mol. The Bertz CT molecular complexity index is 1160. The number of rotatable bonds is 8. The molecule has 0 spiro atoms. The van der Waals surface area contributed by atoms with E-state index in [-0.39, 0.29) is 17.7 Å². The Morgan fingerprint density at radius 3 is 2.34 bits per heavy atom. The molecule has 35 heavy (non-hydrogen) atoms. The second-order valence-corrected chi connectivity index (χ2v) is 8.37. The molecule has 0 bridgehead atoms. The van der Waals surface area contributed by atoms with Gasteiger partial charge in [0.25, 0.3) is 0 Å². The van der Waals surface area contributed by atoms with Crippen molar-refractivity contribution in [2.45, 2.75) is 32.1 Å². The maximum absolute atomic E-state index is 12.1. The first-order chi connectivity index (χ1) is 16.8. The van der Waals surface area contributed by atoms with Gasteiger partial charge in [0.15, 0.2) is 23.8 Å². The maximum Gasteiger partial charge on any atom is 0.242 e. The summed E-state index contributed by atoms with van der Waals surface area (Å²) in [6, 6.07) is 7.11. The number of aryl methyl sites for hydroxylation is 1. The van der Waals surface area contributed by atoms with Crippen molar-refractivity contribution < 1.29 is 33.6 Å². The average molecular weight is 488 g/mol. The fraction of sp³-hybridized carbons (Fsp3) is 0.462. The van der Waals surface area contributed by atoms with Gasteiger partial charge in [-0.05, 0) is 47.7 Å². The molecule has 9 nitrogen and oxygen atoms in total. The van der Waals surface area contributed by atoms with Gasteiger partial charge >= 0.3 is 0 Å². The Kier molecular flexibility index (Phi) is 8.58. The van der Waals surface area contributed by atoms with Gasteiger partial charge in [0.2, 0.25) is 23.3 Å². The van der Waals surface area contributed by atoms with Gasteiger partial charge in [-0.15, -0.1) is 0 Å². The van der Waals surface area contributed by atoms with Crippen LogP contribution in [0.4, 0.5) is 0 Å². The van der Waals surface area contributed by atoms with Crippen molar-refractivity contribution in [2.75, 3.05) is 49.1 Å². The summed E-state index contributed by atoms with van der Waals surface area (Å²) in [5.74, 6) is 1.49. The predicted octanol–water partition coefficient (Wildman–Crippen LogP) is 2.23. The minimum absolute atomic E-state index is 0.0675. The quantitative estimate of drug-likeness (QED) is 0.435. The lowest BCUT2D eigenvalue weighted by atomic mass is 9.95. The van der Waals surface area contributed by atoms with Gasteiger partial charge in [-0.2, -0.15) is 0 Å². The normalized spacial score (nSPS) is 15.5. The van der Waals surface area contributed by atoms with Crippen molar-refractivity contribution in [3.63, 3.8) is 0 Å². The molecule has 0 saturated carbocycles. The van der Waals surface area contributed by atoms with Gasteiger partial charge in [-0.1, -0.05) is 0 Å². The molecule has 0 fully saturated rings. The number of amides is 1. The molecule has 2 aromatic carbocycles. The van der Waals surface area contributed by atoms with Crippen LogP contribution in [0.3, 0.4) is 0 Å². The number of carbonyl (C=O) groups excluding carboxylic acids is 1. The Hall–Kier alpha value is -3.30. The smallest absolute Gasteiger partial charge is 0.242 e. The molecule has 0 aromatic heterocycles. The molecule has 0 radical (unpaired) electrons. The molecule has 2 aromatic rings. The molecule has 0 heterocycles. The number of fused-ring (bicyclic) bond motifs is 3. The third-order valence-electron chi connectivity index (χ3n) is 6.27. The number of nitrogens with zero attached hydrogens (tertiary/aromatic N) is 1. The van der Waals surface area contributed by atoms with Crippen molar-refractivity contribution >= 4 is 5.91 Å². The van der Waals surface area contributed by atoms with E-state index in [0.717, 1.165) is 22.3 Å². The summed E-state index contributed by atoms with van der Waals surface area (Å²) < 4.78 is 29.5. The van der Waals surface area contributed by atoms with Gasteiger partial charge in [-0.25, -0.2) is 4.58 Å². The number of aromatic hydroxyl groups is 1. The van der Waals surface area contributed by atoms with Crippen LogP contribution in [0.15, 0.2) is 24.3 Å². The van der Waals surface area contributed by atoms with Crippen LogP contribution >= 0.6 is 0 Å². The highest BCUT2D eigenvalue weighted by Crippen LogP contribution is 2.50. The summed E-state index contributed by atoms with van der Waals surface area (Å²) in [6.45, 7) is 1.89. The number of carbonyl (C=O) groups is 1. The number of methoxy groups -OCH3 is 5. The lowest BCUT2D eigenvalue weighted by Gasteiger charge is -2.19. The fourth-order valence-corrected chi connectivity index (χ4v) is 4.60. The Morgan fingerprint density at radius 1 is 1.09 bits per heavy atom. The highest BCUT2D eigenvalue weighted by Gasteiger charge is 2.29. The maximum atomic E-state index is 12.1. The first kappa shape index (κ1) is 26.3. The molecule has 0 saturated heterocycles. The minimum Gasteiger partial charge on any atom is -0.502 e. The molecule has 1 aliphatic rings. The van der Waals surface area contributed by atoms with E-state index in [9.17, 15) is 9.90 Å². The van der Waals surface area contributed by atoms with E-state index in [1.54, 1.807) is 41.6 Å². The summed E-state index contributed by atoms with van der Waals surface area (Å²) in [5.41, 5.74) is 3.42. The highest BCUT2D eigenvalue weighted by atomic mass is 16.7. The molecule has 9 heteroatoms. The highest BCUT2D eigenvalue weighted by molar-refractivity contribution is 5.83.